The number of hydrogen-bond donors (Lipinski definition) is 2. The zero-order valence-electron chi connectivity index (χ0n) is 16.3. The quantitative estimate of drug-likeness (QED) is 0.545. The van der Waals surface area contributed by atoms with Crippen LogP contribution in [0.4, 0.5) is 5.13 Å². The van der Waals surface area contributed by atoms with E-state index in [0.717, 1.165) is 20.6 Å². The van der Waals surface area contributed by atoms with Crippen LogP contribution in [0.1, 0.15) is 29.8 Å². The molecular formula is C21H21BrN4O2S. The third-order valence-electron chi connectivity index (χ3n) is 4.24. The topological polar surface area (TPSA) is 84.0 Å². The molecule has 0 radical (unpaired) electrons. The van der Waals surface area contributed by atoms with Crippen molar-refractivity contribution in [3.05, 3.63) is 64.1 Å². The van der Waals surface area contributed by atoms with Crippen molar-refractivity contribution in [2.45, 2.75) is 26.8 Å². The number of aromatic nitrogens is 2. The second kappa shape index (κ2) is 9.28. The molecule has 1 aromatic heterocycles. The fourth-order valence-electron chi connectivity index (χ4n) is 2.74. The minimum atomic E-state index is -0.701. The molecule has 2 amide bonds. The van der Waals surface area contributed by atoms with E-state index in [1.54, 1.807) is 18.2 Å². The van der Waals surface area contributed by atoms with E-state index in [0.29, 0.717) is 10.7 Å². The van der Waals surface area contributed by atoms with Gasteiger partial charge in [0.2, 0.25) is 11.0 Å². The molecule has 29 heavy (non-hydrogen) atoms. The Labute approximate surface area is 181 Å². The SMILES string of the molecule is Cc1cccc(-c2nnc(NC(=O)C(NC(=O)c3cccc(Br)c3)C(C)C)s2)c1. The lowest BCUT2D eigenvalue weighted by molar-refractivity contribution is -0.118. The summed E-state index contributed by atoms with van der Waals surface area (Å²) in [6, 6.07) is 14.3. The first-order chi connectivity index (χ1) is 13.8. The molecule has 0 spiro atoms. The molecule has 0 saturated heterocycles. The van der Waals surface area contributed by atoms with Gasteiger partial charge in [0.1, 0.15) is 11.0 Å². The van der Waals surface area contributed by atoms with Crippen molar-refractivity contribution in [2.75, 3.05) is 5.32 Å². The standard InChI is InChI=1S/C21H21BrN4O2S/c1-12(2)17(23-18(27)14-7-5-9-16(22)11-14)19(28)24-21-26-25-20(29-21)15-8-4-6-13(3)10-15/h4-12,17H,1-3H3,(H,23,27)(H,24,26,28). The van der Waals surface area contributed by atoms with E-state index < -0.39 is 6.04 Å². The van der Waals surface area contributed by atoms with Gasteiger partial charge in [-0.15, -0.1) is 10.2 Å². The summed E-state index contributed by atoms with van der Waals surface area (Å²) < 4.78 is 0.799. The molecule has 0 aliphatic carbocycles. The highest BCUT2D eigenvalue weighted by Crippen LogP contribution is 2.27. The number of hydrogen-bond acceptors (Lipinski definition) is 5. The lowest BCUT2D eigenvalue weighted by Gasteiger charge is -2.21. The first-order valence-corrected chi connectivity index (χ1v) is 10.7. The minimum Gasteiger partial charge on any atom is -0.340 e. The van der Waals surface area contributed by atoms with Gasteiger partial charge in [-0.2, -0.15) is 0 Å². The molecule has 1 atom stereocenters. The smallest absolute Gasteiger partial charge is 0.251 e. The Morgan fingerprint density at radius 3 is 2.52 bits per heavy atom. The average molecular weight is 473 g/mol. The number of nitrogens with one attached hydrogen (secondary N) is 2. The number of amides is 2. The lowest BCUT2D eigenvalue weighted by atomic mass is 10.0. The predicted molar refractivity (Wildman–Crippen MR) is 119 cm³/mol. The summed E-state index contributed by atoms with van der Waals surface area (Å²) >= 11 is 4.65. The van der Waals surface area contributed by atoms with Crippen molar-refractivity contribution < 1.29 is 9.59 Å². The largest absolute Gasteiger partial charge is 0.340 e. The first kappa shape index (κ1) is 21.1. The Morgan fingerprint density at radius 2 is 1.83 bits per heavy atom. The van der Waals surface area contributed by atoms with E-state index >= 15 is 0 Å². The molecule has 0 aliphatic rings. The Morgan fingerprint density at radius 1 is 1.07 bits per heavy atom. The summed E-state index contributed by atoms with van der Waals surface area (Å²) in [6.45, 7) is 5.77. The van der Waals surface area contributed by atoms with Gasteiger partial charge in [0.05, 0.1) is 0 Å². The average Bonchev–Trinajstić information content (AvgIpc) is 3.14. The van der Waals surface area contributed by atoms with Gasteiger partial charge < -0.3 is 5.32 Å². The molecule has 0 bridgehead atoms. The monoisotopic (exact) mass is 472 g/mol. The number of carbonyl (C=O) groups excluding carboxylic acids is 2. The van der Waals surface area contributed by atoms with Crippen LogP contribution in [0.15, 0.2) is 53.0 Å². The van der Waals surface area contributed by atoms with Crippen molar-refractivity contribution >= 4 is 44.2 Å². The molecular weight excluding hydrogens is 452 g/mol. The molecule has 1 unspecified atom stereocenters. The van der Waals surface area contributed by atoms with Crippen molar-refractivity contribution in [1.82, 2.24) is 15.5 Å². The summed E-state index contributed by atoms with van der Waals surface area (Å²) in [5.74, 6) is -0.733. The Bertz CT molecular complexity index is 1030. The van der Waals surface area contributed by atoms with Crippen LogP contribution in [0.5, 0.6) is 0 Å². The van der Waals surface area contributed by atoms with Crippen LogP contribution in [0, 0.1) is 12.8 Å². The Balaban J connectivity index is 1.71. The third kappa shape index (κ3) is 5.48. The van der Waals surface area contributed by atoms with E-state index in [1.807, 2.05) is 51.1 Å². The fraction of sp³-hybridized carbons (Fsp3) is 0.238. The summed E-state index contributed by atoms with van der Waals surface area (Å²) in [7, 11) is 0. The highest BCUT2D eigenvalue weighted by atomic mass is 79.9. The van der Waals surface area contributed by atoms with Crippen molar-refractivity contribution in [1.29, 1.82) is 0 Å². The van der Waals surface area contributed by atoms with Gasteiger partial charge in [0, 0.05) is 15.6 Å². The summed E-state index contributed by atoms with van der Waals surface area (Å²) in [4.78, 5) is 25.3. The molecule has 2 aromatic carbocycles. The lowest BCUT2D eigenvalue weighted by Crippen LogP contribution is -2.47. The molecule has 2 N–H and O–H groups in total. The van der Waals surface area contributed by atoms with Crippen molar-refractivity contribution in [3.8, 4) is 10.6 Å². The van der Waals surface area contributed by atoms with Gasteiger partial charge >= 0.3 is 0 Å². The van der Waals surface area contributed by atoms with Crippen LogP contribution in [0.2, 0.25) is 0 Å². The van der Waals surface area contributed by atoms with Gasteiger partial charge in [0.15, 0.2) is 0 Å². The number of aryl methyl sites for hydroxylation is 1. The van der Waals surface area contributed by atoms with E-state index in [-0.39, 0.29) is 17.7 Å². The third-order valence-corrected chi connectivity index (χ3v) is 5.62. The summed E-state index contributed by atoms with van der Waals surface area (Å²) in [5, 5.41) is 14.9. The number of carbonyl (C=O) groups is 2. The van der Waals surface area contributed by atoms with Crippen LogP contribution in [-0.2, 0) is 4.79 Å². The summed E-state index contributed by atoms with van der Waals surface area (Å²) in [5.41, 5.74) is 2.56. The van der Waals surface area contributed by atoms with Gasteiger partial charge in [-0.05, 0) is 37.1 Å². The molecule has 0 aliphatic heterocycles. The predicted octanol–water partition coefficient (Wildman–Crippen LogP) is 4.67. The molecule has 8 heteroatoms. The molecule has 3 rings (SSSR count). The highest BCUT2D eigenvalue weighted by Gasteiger charge is 2.26. The zero-order valence-corrected chi connectivity index (χ0v) is 18.7. The maximum absolute atomic E-state index is 12.8. The van der Waals surface area contributed by atoms with Gasteiger partial charge in [-0.3, -0.25) is 14.9 Å². The van der Waals surface area contributed by atoms with Crippen LogP contribution >= 0.6 is 27.3 Å². The van der Waals surface area contributed by atoms with Crippen molar-refractivity contribution in [3.63, 3.8) is 0 Å². The van der Waals surface area contributed by atoms with Gasteiger partial charge in [0.25, 0.3) is 5.91 Å². The molecule has 0 saturated carbocycles. The zero-order chi connectivity index (χ0) is 21.0. The normalized spacial score (nSPS) is 11.9. The Hall–Kier alpha value is -2.58. The fourth-order valence-corrected chi connectivity index (χ4v) is 3.88. The second-order valence-corrected chi connectivity index (χ2v) is 8.87. The van der Waals surface area contributed by atoms with Crippen molar-refractivity contribution in [2.24, 2.45) is 5.92 Å². The highest BCUT2D eigenvalue weighted by molar-refractivity contribution is 9.10. The van der Waals surface area contributed by atoms with Crippen LogP contribution in [0.25, 0.3) is 10.6 Å². The molecule has 6 nitrogen and oxygen atoms in total. The van der Waals surface area contributed by atoms with Gasteiger partial charge in [-0.25, -0.2) is 0 Å². The maximum atomic E-state index is 12.8. The molecule has 3 aromatic rings. The van der Waals surface area contributed by atoms with Crippen LogP contribution < -0.4 is 10.6 Å². The first-order valence-electron chi connectivity index (χ1n) is 9.11. The maximum Gasteiger partial charge on any atom is 0.251 e. The second-order valence-electron chi connectivity index (χ2n) is 6.98. The molecule has 1 heterocycles. The number of rotatable bonds is 6. The van der Waals surface area contributed by atoms with E-state index in [4.69, 9.17) is 0 Å². The summed E-state index contributed by atoms with van der Waals surface area (Å²) in [6.07, 6.45) is 0. The van der Waals surface area contributed by atoms with E-state index in [9.17, 15) is 9.59 Å². The number of benzene rings is 2. The van der Waals surface area contributed by atoms with Crippen LogP contribution in [0.3, 0.4) is 0 Å². The van der Waals surface area contributed by atoms with Gasteiger partial charge in [-0.1, -0.05) is 70.9 Å². The number of halogens is 1. The van der Waals surface area contributed by atoms with E-state index in [2.05, 4.69) is 36.8 Å². The number of anilines is 1. The minimum absolute atomic E-state index is 0.102. The van der Waals surface area contributed by atoms with E-state index in [1.165, 1.54) is 11.3 Å². The Kier molecular flexibility index (Phi) is 6.76. The van der Waals surface area contributed by atoms with Crippen LogP contribution in [-0.4, -0.2) is 28.1 Å². The number of nitrogens with zero attached hydrogens (tertiary/aromatic N) is 2. The molecule has 150 valence electrons. The molecule has 0 fully saturated rings.